The fraction of sp³-hybridized carbons (Fsp3) is 0.222. The van der Waals surface area contributed by atoms with Crippen molar-refractivity contribution in [2.45, 2.75) is 24.2 Å². The molecule has 0 saturated carbocycles. The van der Waals surface area contributed by atoms with Gasteiger partial charge in [0, 0.05) is 23.0 Å². The van der Waals surface area contributed by atoms with Crippen LogP contribution in [0.3, 0.4) is 0 Å². The van der Waals surface area contributed by atoms with Crippen molar-refractivity contribution in [1.82, 2.24) is 4.72 Å². The molecule has 0 unspecified atom stereocenters. The third-order valence-corrected chi connectivity index (χ3v) is 5.70. The summed E-state index contributed by atoms with van der Waals surface area (Å²) in [6.07, 6.45) is 0.974. The van der Waals surface area contributed by atoms with Gasteiger partial charge < -0.3 is 10.4 Å². The second-order valence-corrected chi connectivity index (χ2v) is 8.49. The molecule has 7 nitrogen and oxygen atoms in total. The Hall–Kier alpha value is -2.13. The number of hydrogen-bond donors (Lipinski definition) is 3. The van der Waals surface area contributed by atoms with Crippen LogP contribution in [0.5, 0.6) is 0 Å². The highest BCUT2D eigenvalue weighted by atomic mass is 35.5. The Kier molecular flexibility index (Phi) is 7.82. The second-order valence-electron chi connectivity index (χ2n) is 5.85. The summed E-state index contributed by atoms with van der Waals surface area (Å²) in [6.45, 7) is 0.166. The first-order chi connectivity index (χ1) is 13.2. The molecule has 0 aliphatic carbocycles. The first kappa shape index (κ1) is 22.2. The quantitative estimate of drug-likeness (QED) is 0.509. The van der Waals surface area contributed by atoms with Crippen LogP contribution < -0.4 is 10.0 Å². The number of rotatable bonds is 9. The number of benzene rings is 2. The molecule has 0 atom stereocenters. The fourth-order valence-corrected chi connectivity index (χ4v) is 3.70. The molecular formula is C18H18Cl2N2O5S. The molecule has 0 aliphatic heterocycles. The van der Waals surface area contributed by atoms with Gasteiger partial charge in [-0.05, 0) is 55.3 Å². The zero-order chi connectivity index (χ0) is 20.7. The average molecular weight is 445 g/mol. The SMILES string of the molecule is O=C(CCCCNS(=O)(=O)c1ccc(Cl)cc1)Nc1ccc(Cl)cc1C(=O)O. The molecule has 0 aliphatic rings. The van der Waals surface area contributed by atoms with Crippen LogP contribution in [0.25, 0.3) is 0 Å². The predicted octanol–water partition coefficient (Wildman–Crippen LogP) is 3.78. The third kappa shape index (κ3) is 6.49. The number of anilines is 1. The largest absolute Gasteiger partial charge is 0.478 e. The number of carboxylic acids is 1. The Balaban J connectivity index is 1.79. The van der Waals surface area contributed by atoms with Gasteiger partial charge in [-0.3, -0.25) is 4.79 Å². The average Bonchev–Trinajstić information content (AvgIpc) is 2.63. The van der Waals surface area contributed by atoms with Gasteiger partial charge in [0.2, 0.25) is 15.9 Å². The highest BCUT2D eigenvalue weighted by Crippen LogP contribution is 2.21. The number of carbonyl (C=O) groups excluding carboxylic acids is 1. The molecule has 0 radical (unpaired) electrons. The molecule has 10 heteroatoms. The summed E-state index contributed by atoms with van der Waals surface area (Å²) in [5, 5.41) is 12.4. The smallest absolute Gasteiger partial charge is 0.337 e. The lowest BCUT2D eigenvalue weighted by Crippen LogP contribution is -2.25. The molecular weight excluding hydrogens is 427 g/mol. The van der Waals surface area contributed by atoms with Gasteiger partial charge in [0.25, 0.3) is 0 Å². The van der Waals surface area contributed by atoms with E-state index >= 15 is 0 Å². The maximum atomic E-state index is 12.1. The lowest BCUT2D eigenvalue weighted by Gasteiger charge is -2.09. The standard InChI is InChI=1S/C18H18Cl2N2O5S/c19-12-4-7-14(8-5-12)28(26,27)21-10-2-1-3-17(23)22-16-9-6-13(20)11-15(16)18(24)25/h4-9,11,21H,1-3,10H2,(H,22,23)(H,24,25). The van der Waals surface area contributed by atoms with Gasteiger partial charge in [-0.2, -0.15) is 0 Å². The van der Waals surface area contributed by atoms with E-state index in [1.807, 2.05) is 0 Å². The van der Waals surface area contributed by atoms with Gasteiger partial charge in [-0.15, -0.1) is 0 Å². The van der Waals surface area contributed by atoms with Crippen molar-refractivity contribution in [2.24, 2.45) is 0 Å². The Morgan fingerprint density at radius 3 is 2.25 bits per heavy atom. The van der Waals surface area contributed by atoms with E-state index in [1.54, 1.807) is 0 Å². The minimum Gasteiger partial charge on any atom is -0.478 e. The van der Waals surface area contributed by atoms with E-state index in [2.05, 4.69) is 10.0 Å². The van der Waals surface area contributed by atoms with Crippen molar-refractivity contribution >= 4 is 50.8 Å². The summed E-state index contributed by atoms with van der Waals surface area (Å²) in [6, 6.07) is 9.95. The van der Waals surface area contributed by atoms with Gasteiger partial charge >= 0.3 is 5.97 Å². The molecule has 1 amide bonds. The monoisotopic (exact) mass is 444 g/mol. The van der Waals surface area contributed by atoms with Crippen molar-refractivity contribution in [3.63, 3.8) is 0 Å². The summed E-state index contributed by atoms with van der Waals surface area (Å²) >= 11 is 11.5. The van der Waals surface area contributed by atoms with Gasteiger partial charge in [0.15, 0.2) is 0 Å². The first-order valence-corrected chi connectivity index (χ1v) is 10.5. The van der Waals surface area contributed by atoms with Crippen LogP contribution in [0.1, 0.15) is 29.6 Å². The van der Waals surface area contributed by atoms with Crippen LogP contribution in [0.4, 0.5) is 5.69 Å². The summed E-state index contributed by atoms with van der Waals surface area (Å²) in [5.74, 6) is -1.57. The number of carboxylic acid groups (broad SMARTS) is 1. The third-order valence-electron chi connectivity index (χ3n) is 3.73. The number of hydrogen-bond acceptors (Lipinski definition) is 4. The van der Waals surface area contributed by atoms with Crippen LogP contribution in [0.2, 0.25) is 10.0 Å². The number of aromatic carboxylic acids is 1. The van der Waals surface area contributed by atoms with E-state index in [0.29, 0.717) is 17.9 Å². The number of nitrogens with one attached hydrogen (secondary N) is 2. The Morgan fingerprint density at radius 1 is 0.964 bits per heavy atom. The molecule has 0 saturated heterocycles. The minimum atomic E-state index is -3.63. The first-order valence-electron chi connectivity index (χ1n) is 8.27. The summed E-state index contributed by atoms with van der Waals surface area (Å²) in [7, 11) is -3.63. The number of halogens is 2. The zero-order valence-electron chi connectivity index (χ0n) is 14.6. The summed E-state index contributed by atoms with van der Waals surface area (Å²) in [4.78, 5) is 23.3. The van der Waals surface area contributed by atoms with E-state index in [4.69, 9.17) is 28.3 Å². The summed E-state index contributed by atoms with van der Waals surface area (Å²) < 4.78 is 26.7. The topological polar surface area (TPSA) is 113 Å². The van der Waals surface area contributed by atoms with E-state index in [1.165, 1.54) is 42.5 Å². The summed E-state index contributed by atoms with van der Waals surface area (Å²) in [5.41, 5.74) is 0.0573. The lowest BCUT2D eigenvalue weighted by atomic mass is 10.1. The molecule has 2 aromatic rings. The predicted molar refractivity (Wildman–Crippen MR) is 108 cm³/mol. The number of amides is 1. The number of sulfonamides is 1. The van der Waals surface area contributed by atoms with Gasteiger partial charge in [-0.25, -0.2) is 17.9 Å². The van der Waals surface area contributed by atoms with E-state index < -0.39 is 16.0 Å². The van der Waals surface area contributed by atoms with Crippen LogP contribution in [0, 0.1) is 0 Å². The molecule has 3 N–H and O–H groups in total. The maximum Gasteiger partial charge on any atom is 0.337 e. The van der Waals surface area contributed by atoms with Gasteiger partial charge in [0.1, 0.15) is 0 Å². The van der Waals surface area contributed by atoms with Crippen molar-refractivity contribution in [3.05, 3.63) is 58.1 Å². The van der Waals surface area contributed by atoms with E-state index in [-0.39, 0.29) is 40.0 Å². The van der Waals surface area contributed by atoms with Gasteiger partial charge in [-0.1, -0.05) is 23.2 Å². The molecule has 2 aromatic carbocycles. The molecule has 2 rings (SSSR count). The molecule has 28 heavy (non-hydrogen) atoms. The van der Waals surface area contributed by atoms with Crippen molar-refractivity contribution in [3.8, 4) is 0 Å². The van der Waals surface area contributed by atoms with Crippen LogP contribution >= 0.6 is 23.2 Å². The Morgan fingerprint density at radius 2 is 1.61 bits per heavy atom. The van der Waals surface area contributed by atoms with Crippen LogP contribution in [0.15, 0.2) is 47.4 Å². The molecule has 0 aromatic heterocycles. The molecule has 0 heterocycles. The Bertz CT molecular complexity index is 962. The normalized spacial score (nSPS) is 11.2. The Labute approximate surface area is 172 Å². The van der Waals surface area contributed by atoms with Crippen LogP contribution in [-0.2, 0) is 14.8 Å². The highest BCUT2D eigenvalue weighted by molar-refractivity contribution is 7.89. The molecule has 150 valence electrons. The van der Waals surface area contributed by atoms with Crippen molar-refractivity contribution in [2.75, 3.05) is 11.9 Å². The van der Waals surface area contributed by atoms with Gasteiger partial charge in [0.05, 0.1) is 16.1 Å². The lowest BCUT2D eigenvalue weighted by molar-refractivity contribution is -0.116. The molecule has 0 bridgehead atoms. The minimum absolute atomic E-state index is 0.100. The zero-order valence-corrected chi connectivity index (χ0v) is 16.9. The number of carbonyl (C=O) groups is 2. The highest BCUT2D eigenvalue weighted by Gasteiger charge is 2.14. The van der Waals surface area contributed by atoms with Crippen LogP contribution in [-0.4, -0.2) is 31.9 Å². The van der Waals surface area contributed by atoms with E-state index in [0.717, 1.165) is 0 Å². The van der Waals surface area contributed by atoms with E-state index in [9.17, 15) is 18.0 Å². The molecule has 0 spiro atoms. The second kappa shape index (κ2) is 9.88. The molecule has 0 fully saturated rings. The number of unbranched alkanes of at least 4 members (excludes halogenated alkanes) is 1. The maximum absolute atomic E-state index is 12.1. The fourth-order valence-electron chi connectivity index (χ4n) is 2.33. The van der Waals surface area contributed by atoms with Crippen molar-refractivity contribution in [1.29, 1.82) is 0 Å². The van der Waals surface area contributed by atoms with Crippen molar-refractivity contribution < 1.29 is 23.1 Å².